The highest BCUT2D eigenvalue weighted by molar-refractivity contribution is 9.08. The maximum atomic E-state index is 12.7. The van der Waals surface area contributed by atoms with Crippen molar-refractivity contribution >= 4 is 39.8 Å². The Labute approximate surface area is 135 Å². The highest BCUT2D eigenvalue weighted by Crippen LogP contribution is 2.37. The normalized spacial score (nSPS) is 28.6. The third-order valence-corrected chi connectivity index (χ3v) is 4.64. The molecule has 0 aromatic carbocycles. The van der Waals surface area contributed by atoms with Crippen LogP contribution >= 0.6 is 16.1 Å². The van der Waals surface area contributed by atoms with E-state index in [2.05, 4.69) is 25.8 Å². The van der Waals surface area contributed by atoms with Crippen LogP contribution in [-0.4, -0.2) is 34.6 Å². The van der Waals surface area contributed by atoms with E-state index in [1.54, 1.807) is 6.08 Å². The summed E-state index contributed by atoms with van der Waals surface area (Å²) in [6.45, 7) is 1.94. The zero-order chi connectivity index (χ0) is 16.0. The van der Waals surface area contributed by atoms with Crippen molar-refractivity contribution < 1.29 is 19.2 Å². The SMILES string of the molecule is CC1CC=C2C(=O)N([C@H]3CCC(=O)NC3=O)C(=O)C2=C1NBr. The van der Waals surface area contributed by atoms with Crippen LogP contribution in [0.25, 0.3) is 0 Å². The summed E-state index contributed by atoms with van der Waals surface area (Å²) in [5, 5.41) is 2.18. The summed E-state index contributed by atoms with van der Waals surface area (Å²) in [5.41, 5.74) is 1.28. The van der Waals surface area contributed by atoms with Gasteiger partial charge >= 0.3 is 0 Å². The molecular weight excluding hydrogens is 354 g/mol. The molecule has 0 bridgehead atoms. The first-order chi connectivity index (χ1) is 10.5. The van der Waals surface area contributed by atoms with Crippen LogP contribution in [0.1, 0.15) is 26.2 Å². The zero-order valence-corrected chi connectivity index (χ0v) is 13.4. The number of amides is 4. The van der Waals surface area contributed by atoms with Crippen LogP contribution in [0, 0.1) is 5.92 Å². The van der Waals surface area contributed by atoms with E-state index in [9.17, 15) is 19.2 Å². The Bertz CT molecular complexity index is 667. The van der Waals surface area contributed by atoms with Gasteiger partial charge in [0.1, 0.15) is 6.04 Å². The number of imide groups is 2. The van der Waals surface area contributed by atoms with Crippen LogP contribution in [0.4, 0.5) is 0 Å². The van der Waals surface area contributed by atoms with Crippen molar-refractivity contribution in [1.82, 2.24) is 14.6 Å². The number of allylic oxidation sites excluding steroid dienone is 2. The molecule has 2 heterocycles. The summed E-state index contributed by atoms with van der Waals surface area (Å²) in [4.78, 5) is 49.4. The number of hydrogen-bond donors (Lipinski definition) is 2. The van der Waals surface area contributed by atoms with Gasteiger partial charge in [-0.3, -0.25) is 29.4 Å². The first kappa shape index (κ1) is 15.0. The summed E-state index contributed by atoms with van der Waals surface area (Å²) in [7, 11) is 0. The molecule has 0 aromatic heterocycles. The molecule has 2 saturated heterocycles. The molecule has 3 rings (SSSR count). The first-order valence-corrected chi connectivity index (χ1v) is 7.78. The number of carbonyl (C=O) groups is 4. The largest absolute Gasteiger partial charge is 0.325 e. The van der Waals surface area contributed by atoms with Crippen molar-refractivity contribution in [2.45, 2.75) is 32.2 Å². The van der Waals surface area contributed by atoms with E-state index in [0.717, 1.165) is 4.90 Å². The first-order valence-electron chi connectivity index (χ1n) is 6.98. The minimum Gasteiger partial charge on any atom is -0.325 e. The molecule has 116 valence electrons. The quantitative estimate of drug-likeness (QED) is 0.539. The van der Waals surface area contributed by atoms with E-state index in [0.29, 0.717) is 23.3 Å². The fourth-order valence-electron chi connectivity index (χ4n) is 3.03. The van der Waals surface area contributed by atoms with Crippen LogP contribution in [0.2, 0.25) is 0 Å². The number of carbonyl (C=O) groups excluding carboxylic acids is 4. The smallest absolute Gasteiger partial charge is 0.264 e. The molecule has 0 saturated carbocycles. The fraction of sp³-hybridized carbons (Fsp3) is 0.429. The monoisotopic (exact) mass is 367 g/mol. The second-order valence-electron chi connectivity index (χ2n) is 5.58. The van der Waals surface area contributed by atoms with Gasteiger partial charge in [-0.25, -0.2) is 0 Å². The van der Waals surface area contributed by atoms with Crippen molar-refractivity contribution in [3.05, 3.63) is 22.9 Å². The molecule has 1 aliphatic carbocycles. The van der Waals surface area contributed by atoms with Crippen molar-refractivity contribution in [3.63, 3.8) is 0 Å². The number of rotatable bonds is 2. The molecule has 3 aliphatic rings. The van der Waals surface area contributed by atoms with Gasteiger partial charge in [-0.1, -0.05) is 13.0 Å². The molecule has 2 atom stereocenters. The van der Waals surface area contributed by atoms with E-state index in [1.807, 2.05) is 6.92 Å². The molecule has 2 aliphatic heterocycles. The van der Waals surface area contributed by atoms with E-state index in [-0.39, 0.29) is 24.7 Å². The number of nitrogens with one attached hydrogen (secondary N) is 2. The van der Waals surface area contributed by atoms with Gasteiger partial charge in [-0.05, 0) is 12.8 Å². The van der Waals surface area contributed by atoms with Gasteiger partial charge < -0.3 is 4.34 Å². The van der Waals surface area contributed by atoms with Gasteiger partial charge in [0.25, 0.3) is 11.8 Å². The molecule has 0 spiro atoms. The molecule has 4 amide bonds. The summed E-state index contributed by atoms with van der Waals surface area (Å²) < 4.78 is 2.81. The maximum Gasteiger partial charge on any atom is 0.264 e. The molecular formula is C14H14BrN3O4. The average molecular weight is 368 g/mol. The van der Waals surface area contributed by atoms with Crippen molar-refractivity contribution in [1.29, 1.82) is 0 Å². The second-order valence-corrected chi connectivity index (χ2v) is 5.98. The van der Waals surface area contributed by atoms with Crippen molar-refractivity contribution in [3.8, 4) is 0 Å². The molecule has 7 nitrogen and oxygen atoms in total. The Kier molecular flexibility index (Phi) is 3.64. The summed E-state index contributed by atoms with van der Waals surface area (Å²) in [6.07, 6.45) is 2.65. The van der Waals surface area contributed by atoms with Gasteiger partial charge in [0.05, 0.1) is 11.1 Å². The Morgan fingerprint density at radius 2 is 2.00 bits per heavy atom. The van der Waals surface area contributed by atoms with Crippen LogP contribution in [0.3, 0.4) is 0 Å². The third kappa shape index (κ3) is 2.09. The molecule has 2 fully saturated rings. The van der Waals surface area contributed by atoms with Crippen LogP contribution in [0.5, 0.6) is 0 Å². The number of nitrogens with zero attached hydrogens (tertiary/aromatic N) is 1. The minimum atomic E-state index is -0.927. The third-order valence-electron chi connectivity index (χ3n) is 4.21. The van der Waals surface area contributed by atoms with Gasteiger partial charge in [-0.15, -0.1) is 0 Å². The predicted molar refractivity (Wildman–Crippen MR) is 79.0 cm³/mol. The van der Waals surface area contributed by atoms with Gasteiger partial charge in [0, 0.05) is 34.2 Å². The number of fused-ring (bicyclic) bond motifs is 1. The van der Waals surface area contributed by atoms with E-state index >= 15 is 0 Å². The van der Waals surface area contributed by atoms with E-state index < -0.39 is 23.8 Å². The highest BCUT2D eigenvalue weighted by atomic mass is 79.9. The lowest BCUT2D eigenvalue weighted by molar-refractivity contribution is -0.149. The summed E-state index contributed by atoms with van der Waals surface area (Å²) >= 11 is 3.13. The summed E-state index contributed by atoms with van der Waals surface area (Å²) in [6, 6.07) is -0.927. The van der Waals surface area contributed by atoms with Crippen molar-refractivity contribution in [2.24, 2.45) is 5.92 Å². The Morgan fingerprint density at radius 1 is 1.27 bits per heavy atom. The second kappa shape index (κ2) is 5.35. The van der Waals surface area contributed by atoms with Crippen LogP contribution < -0.4 is 9.66 Å². The standard InChI is InChI=1S/C14H14BrN3O4/c1-6-2-3-7-10(11(6)17-15)14(22)18(13(7)21)8-4-5-9(19)16-12(8)20/h3,6,8,17H,2,4-5H2,1H3,(H,16,19,20)/t6?,8-/m0/s1. The number of likely N-dealkylation sites (tertiary alicyclic amines) is 1. The zero-order valence-electron chi connectivity index (χ0n) is 11.8. The predicted octanol–water partition coefficient (Wildman–Crippen LogP) is 0.280. The Hall–Kier alpha value is -1.96. The Morgan fingerprint density at radius 3 is 2.64 bits per heavy atom. The number of hydrogen-bond acceptors (Lipinski definition) is 5. The highest BCUT2D eigenvalue weighted by Gasteiger charge is 2.48. The number of halogens is 1. The van der Waals surface area contributed by atoms with Gasteiger partial charge in [-0.2, -0.15) is 0 Å². The minimum absolute atomic E-state index is 0.0663. The molecule has 0 aromatic rings. The number of piperidine rings is 1. The maximum absolute atomic E-state index is 12.7. The molecule has 0 radical (unpaired) electrons. The fourth-order valence-corrected chi connectivity index (χ4v) is 3.61. The molecule has 8 heteroatoms. The lowest BCUT2D eigenvalue weighted by Gasteiger charge is -2.27. The van der Waals surface area contributed by atoms with Crippen LogP contribution in [0.15, 0.2) is 22.9 Å². The molecule has 1 unspecified atom stereocenters. The Balaban J connectivity index is 2.01. The van der Waals surface area contributed by atoms with Gasteiger partial charge in [0.2, 0.25) is 11.8 Å². The summed E-state index contributed by atoms with van der Waals surface area (Å²) in [5.74, 6) is -1.87. The molecule has 2 N–H and O–H groups in total. The van der Waals surface area contributed by atoms with Crippen LogP contribution in [-0.2, 0) is 19.2 Å². The molecule has 22 heavy (non-hydrogen) atoms. The van der Waals surface area contributed by atoms with E-state index in [4.69, 9.17) is 0 Å². The lowest BCUT2D eigenvalue weighted by atomic mass is 9.90. The lowest BCUT2D eigenvalue weighted by Crippen LogP contribution is -2.54. The van der Waals surface area contributed by atoms with E-state index in [1.165, 1.54) is 0 Å². The topological polar surface area (TPSA) is 95.6 Å². The van der Waals surface area contributed by atoms with Gasteiger partial charge in [0.15, 0.2) is 0 Å². The van der Waals surface area contributed by atoms with Crippen molar-refractivity contribution in [2.75, 3.05) is 0 Å². The average Bonchev–Trinajstić information content (AvgIpc) is 2.72.